The first kappa shape index (κ1) is 27.9. The Balaban J connectivity index is 2.41. The van der Waals surface area contributed by atoms with Gasteiger partial charge in [-0.15, -0.1) is 0 Å². The fraction of sp³-hybridized carbons (Fsp3) is 0.375. The first-order chi connectivity index (χ1) is 16.5. The Morgan fingerprint density at radius 3 is 1.14 bits per heavy atom. The summed E-state index contributed by atoms with van der Waals surface area (Å²) in [6, 6.07) is 28.9. The topological polar surface area (TPSA) is 3.24 Å². The van der Waals surface area contributed by atoms with Gasteiger partial charge in [0, 0.05) is 28.3 Å². The van der Waals surface area contributed by atoms with E-state index in [0.29, 0.717) is 22.6 Å². The van der Waals surface area contributed by atoms with E-state index in [0.717, 1.165) is 0 Å². The molecule has 3 aromatic rings. The van der Waals surface area contributed by atoms with Gasteiger partial charge in [-0.3, -0.25) is 0 Å². The number of benzene rings is 3. The molecule has 0 aromatic heterocycles. The van der Waals surface area contributed by atoms with Gasteiger partial charge in [0.1, 0.15) is 0 Å². The molecule has 0 N–H and O–H groups in total. The number of para-hydroxylation sites is 3. The summed E-state index contributed by atoms with van der Waals surface area (Å²) in [5.74, 6) is 0. The van der Waals surface area contributed by atoms with Crippen LogP contribution in [0.25, 0.3) is 0 Å². The van der Waals surface area contributed by atoms with Crippen molar-refractivity contribution in [2.24, 2.45) is 0 Å². The second-order valence-corrected chi connectivity index (χ2v) is 19.7. The van der Waals surface area contributed by atoms with Crippen molar-refractivity contribution in [3.63, 3.8) is 0 Å². The number of nitrogens with zero attached hydrogens (tertiary/aromatic N) is 1. The number of anilines is 3. The van der Waals surface area contributed by atoms with Gasteiger partial charge < -0.3 is 4.90 Å². The minimum atomic E-state index is -1.69. The van der Waals surface area contributed by atoms with Crippen LogP contribution in [0.3, 0.4) is 0 Å². The Morgan fingerprint density at radius 2 is 0.800 bits per heavy atom. The molecule has 0 heterocycles. The van der Waals surface area contributed by atoms with Gasteiger partial charge in [-0.1, -0.05) is 57.0 Å². The lowest BCUT2D eigenvalue weighted by atomic mass is 10.2. The van der Waals surface area contributed by atoms with Crippen LogP contribution in [0.5, 0.6) is 0 Å². The van der Waals surface area contributed by atoms with Crippen molar-refractivity contribution in [1.82, 2.24) is 0 Å². The van der Waals surface area contributed by atoms with Crippen molar-refractivity contribution in [3.8, 4) is 0 Å². The molecule has 0 aliphatic rings. The molecule has 0 unspecified atom stereocenters. The van der Waals surface area contributed by atoms with Crippen LogP contribution in [0.4, 0.5) is 17.1 Å². The molecular formula is C32H45NP2. The molecule has 0 saturated carbocycles. The van der Waals surface area contributed by atoms with Gasteiger partial charge in [0.05, 0.1) is 22.0 Å². The van der Waals surface area contributed by atoms with Crippen LogP contribution in [0.2, 0.25) is 0 Å². The van der Waals surface area contributed by atoms with E-state index in [1.807, 2.05) is 0 Å². The normalized spacial score (nSPS) is 12.7. The van der Waals surface area contributed by atoms with E-state index in [1.54, 1.807) is 0 Å². The second-order valence-electron chi connectivity index (χ2n) is 10.9. The molecule has 188 valence electrons. The number of hydrogen-bond donors (Lipinski definition) is 0. The molecule has 35 heavy (non-hydrogen) atoms. The zero-order valence-electron chi connectivity index (χ0n) is 23.1. The third-order valence-corrected chi connectivity index (χ3v) is 17.8. The summed E-state index contributed by atoms with van der Waals surface area (Å²) in [5.41, 5.74) is 5.71. The summed E-state index contributed by atoms with van der Waals surface area (Å²) < 4.78 is 0. The van der Waals surface area contributed by atoms with Crippen molar-refractivity contribution in [2.45, 2.75) is 78.0 Å². The molecule has 0 saturated heterocycles. The Morgan fingerprint density at radius 1 is 0.486 bits per heavy atom. The van der Waals surface area contributed by atoms with Gasteiger partial charge >= 0.3 is 0 Å². The third kappa shape index (κ3) is 5.10. The first-order valence-corrected chi connectivity index (χ1v) is 17.2. The summed E-state index contributed by atoms with van der Waals surface area (Å²) >= 11 is 0. The molecule has 3 rings (SSSR count). The molecule has 0 fully saturated rings. The monoisotopic (exact) mass is 505 g/mol. The molecule has 3 aromatic carbocycles. The van der Waals surface area contributed by atoms with Crippen LogP contribution in [0.1, 0.15) is 55.4 Å². The fourth-order valence-electron chi connectivity index (χ4n) is 5.30. The molecule has 0 aliphatic heterocycles. The Labute approximate surface area is 217 Å². The van der Waals surface area contributed by atoms with E-state index < -0.39 is 14.5 Å². The summed E-state index contributed by atoms with van der Waals surface area (Å²) in [4.78, 5) is 2.50. The Bertz CT molecular complexity index is 1020. The van der Waals surface area contributed by atoms with Crippen molar-refractivity contribution in [2.75, 3.05) is 4.90 Å². The first-order valence-electron chi connectivity index (χ1n) is 13.0. The molecule has 0 spiro atoms. The zero-order valence-corrected chi connectivity index (χ0v) is 24.9. The lowest BCUT2D eigenvalue weighted by Gasteiger charge is -2.43. The van der Waals surface area contributed by atoms with E-state index in [-0.39, 0.29) is 0 Å². The third-order valence-electron chi connectivity index (χ3n) is 7.84. The highest BCUT2D eigenvalue weighted by Crippen LogP contribution is 2.68. The van der Waals surface area contributed by atoms with Gasteiger partial charge in [0.25, 0.3) is 0 Å². The molecule has 0 atom stereocenters. The van der Waals surface area contributed by atoms with Gasteiger partial charge in [0.2, 0.25) is 0 Å². The van der Waals surface area contributed by atoms with Gasteiger partial charge in [-0.05, 0) is 91.8 Å². The highest BCUT2D eigenvalue weighted by molar-refractivity contribution is 7.85. The maximum absolute atomic E-state index is 4.98. The van der Waals surface area contributed by atoms with E-state index in [9.17, 15) is 0 Å². The minimum absolute atomic E-state index is 0.502. The minimum Gasteiger partial charge on any atom is -0.303 e. The van der Waals surface area contributed by atoms with Crippen molar-refractivity contribution in [1.29, 1.82) is 0 Å². The molecule has 0 radical (unpaired) electrons. The molecule has 3 heteroatoms. The summed E-state index contributed by atoms with van der Waals surface area (Å²) in [6.07, 6.45) is 0. The molecule has 1 nitrogen and oxygen atoms in total. The van der Waals surface area contributed by atoms with Crippen LogP contribution >= 0.6 is 14.5 Å². The van der Waals surface area contributed by atoms with E-state index >= 15 is 0 Å². The predicted molar refractivity (Wildman–Crippen MR) is 165 cm³/mol. The Kier molecular flexibility index (Phi) is 8.89. The van der Waals surface area contributed by atoms with E-state index in [2.05, 4.69) is 139 Å². The second kappa shape index (κ2) is 11.2. The highest BCUT2D eigenvalue weighted by Gasteiger charge is 2.41. The highest BCUT2D eigenvalue weighted by atomic mass is 31.2. The van der Waals surface area contributed by atoms with Crippen LogP contribution in [0, 0.1) is 13.3 Å². The average Bonchev–Trinajstić information content (AvgIpc) is 2.84. The van der Waals surface area contributed by atoms with Gasteiger partial charge in [-0.25, -0.2) is 0 Å². The number of hydrogen-bond acceptors (Lipinski definition) is 1. The van der Waals surface area contributed by atoms with Crippen molar-refractivity contribution >= 4 is 42.2 Å². The fourth-order valence-corrected chi connectivity index (χ4v) is 11.8. The van der Waals surface area contributed by atoms with E-state index in [4.69, 9.17) is 13.3 Å². The molecule has 0 amide bonds. The van der Waals surface area contributed by atoms with Crippen molar-refractivity contribution < 1.29 is 0 Å². The summed E-state index contributed by atoms with van der Waals surface area (Å²) in [6.45, 7) is 28.7. The maximum Gasteiger partial charge on any atom is 0.0889 e. The smallest absolute Gasteiger partial charge is 0.0889 e. The SMILES string of the molecule is [CH2-][P+](c1ccccc1N(c1ccccc1)c1ccccc1[P+]([CH2-])(C(C)C)C(C)C)(C(C)C)C(C)C. The lowest BCUT2D eigenvalue weighted by Crippen LogP contribution is -2.32. The van der Waals surface area contributed by atoms with E-state index in [1.165, 1.54) is 27.7 Å². The predicted octanol–water partition coefficient (Wildman–Crippen LogP) is 9.66. The van der Waals surface area contributed by atoms with Gasteiger partial charge in [-0.2, -0.15) is 13.3 Å². The van der Waals surface area contributed by atoms with Crippen LogP contribution in [0.15, 0.2) is 78.9 Å². The maximum atomic E-state index is 4.98. The summed E-state index contributed by atoms with van der Waals surface area (Å²) in [7, 11) is -3.38. The van der Waals surface area contributed by atoms with Crippen molar-refractivity contribution in [3.05, 3.63) is 92.2 Å². The average molecular weight is 506 g/mol. The summed E-state index contributed by atoms with van der Waals surface area (Å²) in [5, 5.41) is 2.82. The molecule has 0 bridgehead atoms. The molecular weight excluding hydrogens is 460 g/mol. The lowest BCUT2D eigenvalue weighted by molar-refractivity contribution is 1.00. The van der Waals surface area contributed by atoms with Crippen LogP contribution < -0.4 is 15.5 Å². The van der Waals surface area contributed by atoms with Crippen LogP contribution in [-0.4, -0.2) is 22.6 Å². The number of rotatable bonds is 9. The van der Waals surface area contributed by atoms with Gasteiger partial charge in [0.15, 0.2) is 0 Å². The Hall–Kier alpha value is -1.68. The zero-order chi connectivity index (χ0) is 26.0. The molecule has 0 aliphatic carbocycles. The van der Waals surface area contributed by atoms with Crippen LogP contribution in [-0.2, 0) is 0 Å². The largest absolute Gasteiger partial charge is 0.303 e. The standard InChI is InChI=1S/C32H45NP2/c1-24(2)34(9,25(3)4)31-22-16-14-20-29(31)33(28-18-12-11-13-19-28)30-21-15-17-23-32(30)35(10,26(5)6)27(7)8/h11-27H,9-10H2,1-8H3. The quantitative estimate of drug-likeness (QED) is 0.207.